The molecular weight excluding hydrogens is 210 g/mol. The highest BCUT2D eigenvalue weighted by Gasteiger charge is 2.19. The van der Waals surface area contributed by atoms with Crippen LogP contribution in [0.3, 0.4) is 0 Å². The van der Waals surface area contributed by atoms with Crippen LogP contribution in [-0.2, 0) is 22.8 Å². The van der Waals surface area contributed by atoms with Crippen LogP contribution >= 0.6 is 11.8 Å². The average molecular weight is 225 g/mol. The van der Waals surface area contributed by atoms with Crippen LogP contribution in [0.4, 0.5) is 5.82 Å². The van der Waals surface area contributed by atoms with Gasteiger partial charge in [-0.15, -0.1) is 0 Å². The zero-order valence-corrected chi connectivity index (χ0v) is 9.86. The van der Waals surface area contributed by atoms with E-state index in [1.165, 1.54) is 5.56 Å². The summed E-state index contributed by atoms with van der Waals surface area (Å²) in [5, 5.41) is 3.29. The van der Waals surface area contributed by atoms with Gasteiger partial charge in [0.15, 0.2) is 5.82 Å². The first kappa shape index (κ1) is 10.7. The second kappa shape index (κ2) is 4.81. The molecule has 1 N–H and O–H groups in total. The minimum atomic E-state index is 0.482. The van der Waals surface area contributed by atoms with Crippen molar-refractivity contribution in [3.05, 3.63) is 17.1 Å². The van der Waals surface area contributed by atoms with E-state index in [1.807, 2.05) is 11.8 Å². The summed E-state index contributed by atoms with van der Waals surface area (Å²) in [7, 11) is 1.66. The van der Waals surface area contributed by atoms with Gasteiger partial charge in [0.25, 0.3) is 0 Å². The zero-order chi connectivity index (χ0) is 10.7. The summed E-state index contributed by atoms with van der Waals surface area (Å²) in [6.45, 7) is 3.45. The second-order valence-corrected chi connectivity index (χ2v) is 4.36. The van der Waals surface area contributed by atoms with E-state index in [9.17, 15) is 0 Å². The van der Waals surface area contributed by atoms with E-state index >= 15 is 0 Å². The number of aromatic nitrogens is 2. The van der Waals surface area contributed by atoms with Crippen molar-refractivity contribution in [3.8, 4) is 0 Å². The van der Waals surface area contributed by atoms with Gasteiger partial charge in [-0.05, 0) is 6.92 Å². The van der Waals surface area contributed by atoms with Gasteiger partial charge in [0.05, 0.1) is 5.69 Å². The van der Waals surface area contributed by atoms with E-state index in [1.54, 1.807) is 7.11 Å². The van der Waals surface area contributed by atoms with Crippen molar-refractivity contribution >= 4 is 17.6 Å². The Balaban J connectivity index is 2.34. The second-order valence-electron chi connectivity index (χ2n) is 3.37. The standard InChI is InChI=1S/C10H15N3OS/c1-3-11-10-7-5-15-6-8(7)12-9(13-10)4-14-2/h3-6H2,1-2H3,(H,11,12,13). The SMILES string of the molecule is CCNc1nc(COC)nc2c1CSC2. The van der Waals surface area contributed by atoms with Crippen LogP contribution in [0.15, 0.2) is 0 Å². The Hall–Kier alpha value is -0.810. The minimum Gasteiger partial charge on any atom is -0.377 e. The van der Waals surface area contributed by atoms with Crippen LogP contribution in [0.1, 0.15) is 24.0 Å². The van der Waals surface area contributed by atoms with Crippen molar-refractivity contribution in [2.45, 2.75) is 25.0 Å². The topological polar surface area (TPSA) is 47.0 Å². The first-order chi connectivity index (χ1) is 7.35. The van der Waals surface area contributed by atoms with Crippen LogP contribution in [0.25, 0.3) is 0 Å². The molecule has 0 spiro atoms. The number of nitrogens with zero attached hydrogens (tertiary/aromatic N) is 2. The summed E-state index contributed by atoms with van der Waals surface area (Å²) in [4.78, 5) is 8.95. The lowest BCUT2D eigenvalue weighted by Gasteiger charge is -2.09. The van der Waals surface area contributed by atoms with Gasteiger partial charge in [-0.25, -0.2) is 9.97 Å². The van der Waals surface area contributed by atoms with Gasteiger partial charge in [-0.1, -0.05) is 0 Å². The number of methoxy groups -OCH3 is 1. The first-order valence-electron chi connectivity index (χ1n) is 5.04. The van der Waals surface area contributed by atoms with Crippen molar-refractivity contribution in [3.63, 3.8) is 0 Å². The Morgan fingerprint density at radius 3 is 3.00 bits per heavy atom. The number of rotatable bonds is 4. The normalized spacial score (nSPS) is 14.0. The smallest absolute Gasteiger partial charge is 0.156 e. The van der Waals surface area contributed by atoms with Crippen LogP contribution in [0.5, 0.6) is 0 Å². The first-order valence-corrected chi connectivity index (χ1v) is 6.19. The Morgan fingerprint density at radius 2 is 2.27 bits per heavy atom. The average Bonchev–Trinajstić information content (AvgIpc) is 2.67. The lowest BCUT2D eigenvalue weighted by molar-refractivity contribution is 0.177. The molecule has 5 heteroatoms. The maximum atomic E-state index is 5.06. The molecule has 0 aromatic carbocycles. The van der Waals surface area contributed by atoms with E-state index in [4.69, 9.17) is 4.74 Å². The molecule has 82 valence electrons. The monoisotopic (exact) mass is 225 g/mol. The number of hydrogen-bond donors (Lipinski definition) is 1. The minimum absolute atomic E-state index is 0.482. The highest BCUT2D eigenvalue weighted by Crippen LogP contribution is 2.32. The molecule has 2 rings (SSSR count). The molecule has 1 aromatic rings. The molecule has 1 aromatic heterocycles. The van der Waals surface area contributed by atoms with Gasteiger partial charge in [0.2, 0.25) is 0 Å². The lowest BCUT2D eigenvalue weighted by Crippen LogP contribution is -2.08. The molecular formula is C10H15N3OS. The molecule has 0 radical (unpaired) electrons. The van der Waals surface area contributed by atoms with Crippen LogP contribution < -0.4 is 5.32 Å². The maximum Gasteiger partial charge on any atom is 0.156 e. The Bertz CT molecular complexity index is 357. The van der Waals surface area contributed by atoms with E-state index in [2.05, 4.69) is 22.2 Å². The van der Waals surface area contributed by atoms with E-state index < -0.39 is 0 Å². The quantitative estimate of drug-likeness (QED) is 0.846. The van der Waals surface area contributed by atoms with Gasteiger partial charge >= 0.3 is 0 Å². The number of fused-ring (bicyclic) bond motifs is 1. The van der Waals surface area contributed by atoms with Crippen molar-refractivity contribution in [1.82, 2.24) is 9.97 Å². The van der Waals surface area contributed by atoms with Crippen LogP contribution in [0, 0.1) is 0 Å². The third kappa shape index (κ3) is 2.23. The van der Waals surface area contributed by atoms with Gasteiger partial charge in [-0.3, -0.25) is 0 Å². The molecule has 4 nitrogen and oxygen atoms in total. The molecule has 2 heterocycles. The van der Waals surface area contributed by atoms with Gasteiger partial charge < -0.3 is 10.1 Å². The summed E-state index contributed by atoms with van der Waals surface area (Å²) in [6, 6.07) is 0. The van der Waals surface area contributed by atoms with Gasteiger partial charge in [0.1, 0.15) is 12.4 Å². The molecule has 0 aliphatic carbocycles. The summed E-state index contributed by atoms with van der Waals surface area (Å²) >= 11 is 1.89. The number of anilines is 1. The summed E-state index contributed by atoms with van der Waals surface area (Å²) < 4.78 is 5.06. The fourth-order valence-electron chi connectivity index (χ4n) is 1.61. The van der Waals surface area contributed by atoms with Gasteiger partial charge in [0, 0.05) is 30.7 Å². The Morgan fingerprint density at radius 1 is 1.40 bits per heavy atom. The highest BCUT2D eigenvalue weighted by molar-refractivity contribution is 7.98. The number of thioether (sulfide) groups is 1. The van der Waals surface area contributed by atoms with Crippen molar-refractivity contribution in [2.75, 3.05) is 19.0 Å². The van der Waals surface area contributed by atoms with Crippen LogP contribution in [-0.4, -0.2) is 23.6 Å². The molecule has 1 aliphatic rings. The van der Waals surface area contributed by atoms with Crippen molar-refractivity contribution < 1.29 is 4.74 Å². The zero-order valence-electron chi connectivity index (χ0n) is 9.04. The summed E-state index contributed by atoms with van der Waals surface area (Å²) in [6.07, 6.45) is 0. The predicted octanol–water partition coefficient (Wildman–Crippen LogP) is 1.80. The van der Waals surface area contributed by atoms with Crippen LogP contribution in [0.2, 0.25) is 0 Å². The molecule has 1 aliphatic heterocycles. The predicted molar refractivity (Wildman–Crippen MR) is 61.9 cm³/mol. The van der Waals surface area contributed by atoms with Crippen molar-refractivity contribution in [2.24, 2.45) is 0 Å². The molecule has 0 amide bonds. The number of ether oxygens (including phenoxy) is 1. The Labute approximate surface area is 93.8 Å². The van der Waals surface area contributed by atoms with Gasteiger partial charge in [-0.2, -0.15) is 11.8 Å². The Kier molecular flexibility index (Phi) is 3.43. The summed E-state index contributed by atoms with van der Waals surface area (Å²) in [5.41, 5.74) is 2.43. The van der Waals surface area contributed by atoms with Crippen molar-refractivity contribution in [1.29, 1.82) is 0 Å². The molecule has 0 bridgehead atoms. The molecule has 0 atom stereocenters. The van der Waals surface area contributed by atoms with E-state index in [-0.39, 0.29) is 0 Å². The highest BCUT2D eigenvalue weighted by atomic mass is 32.2. The third-order valence-electron chi connectivity index (χ3n) is 2.24. The number of nitrogens with one attached hydrogen (secondary N) is 1. The molecule has 0 saturated heterocycles. The fourth-order valence-corrected chi connectivity index (χ4v) is 2.65. The largest absolute Gasteiger partial charge is 0.377 e. The lowest BCUT2D eigenvalue weighted by atomic mass is 10.2. The summed E-state index contributed by atoms with van der Waals surface area (Å²) in [5.74, 6) is 3.77. The number of hydrogen-bond acceptors (Lipinski definition) is 5. The molecule has 0 saturated carbocycles. The maximum absolute atomic E-state index is 5.06. The third-order valence-corrected chi connectivity index (χ3v) is 3.21. The molecule has 0 unspecified atom stereocenters. The molecule has 0 fully saturated rings. The molecule has 15 heavy (non-hydrogen) atoms. The fraction of sp³-hybridized carbons (Fsp3) is 0.600. The van der Waals surface area contributed by atoms with E-state index in [0.29, 0.717) is 6.61 Å². The van der Waals surface area contributed by atoms with E-state index in [0.717, 1.165) is 35.4 Å².